The molecule has 2 aromatic rings. The molecule has 2 aromatic carbocycles. The summed E-state index contributed by atoms with van der Waals surface area (Å²) in [6, 6.07) is 12.4. The summed E-state index contributed by atoms with van der Waals surface area (Å²) >= 11 is 2.21. The lowest BCUT2D eigenvalue weighted by atomic mass is 9.94. The molecule has 0 spiro atoms. The van der Waals surface area contributed by atoms with Crippen LogP contribution in [-0.2, 0) is 0 Å². The molecule has 128 valence electrons. The summed E-state index contributed by atoms with van der Waals surface area (Å²) in [5.41, 5.74) is 3.53. The van der Waals surface area contributed by atoms with Crippen molar-refractivity contribution in [2.75, 3.05) is 6.54 Å². The van der Waals surface area contributed by atoms with Crippen molar-refractivity contribution in [1.29, 1.82) is 0 Å². The van der Waals surface area contributed by atoms with E-state index in [1.807, 2.05) is 48.2 Å². The van der Waals surface area contributed by atoms with Crippen molar-refractivity contribution in [2.24, 2.45) is 0 Å². The van der Waals surface area contributed by atoms with Crippen molar-refractivity contribution in [3.05, 3.63) is 92.7 Å². The lowest BCUT2D eigenvalue weighted by molar-refractivity contribution is 0.509. The van der Waals surface area contributed by atoms with Gasteiger partial charge in [0.1, 0.15) is 11.6 Å². The third kappa shape index (κ3) is 3.27. The molecule has 1 aliphatic heterocycles. The number of likely N-dealkylation sites (N-methyl/N-ethyl adjacent to an activating group) is 1. The van der Waals surface area contributed by atoms with E-state index in [9.17, 15) is 8.78 Å². The zero-order chi connectivity index (χ0) is 18.1. The Labute approximate surface area is 160 Å². The summed E-state index contributed by atoms with van der Waals surface area (Å²) in [6.45, 7) is 8.30. The van der Waals surface area contributed by atoms with E-state index < -0.39 is 11.6 Å². The molecule has 0 bridgehead atoms. The molecule has 0 unspecified atom stereocenters. The zero-order valence-electron chi connectivity index (χ0n) is 14.1. The van der Waals surface area contributed by atoms with Gasteiger partial charge in [-0.2, -0.15) is 0 Å². The average Bonchev–Trinajstić information content (AvgIpc) is 2.58. The first-order valence-electron chi connectivity index (χ1n) is 8.03. The molecule has 25 heavy (non-hydrogen) atoms. The topological polar surface area (TPSA) is 3.24 Å². The van der Waals surface area contributed by atoms with Gasteiger partial charge in [0.25, 0.3) is 0 Å². The number of nitrogens with zero attached hydrogens (tertiary/aromatic N) is 1. The lowest BCUT2D eigenvalue weighted by Gasteiger charge is -2.34. The molecule has 4 heteroatoms. The highest BCUT2D eigenvalue weighted by atomic mass is 127. The van der Waals surface area contributed by atoms with Crippen LogP contribution in [0.25, 0.3) is 11.3 Å². The quantitative estimate of drug-likeness (QED) is 0.497. The second kappa shape index (κ2) is 7.12. The molecule has 0 aromatic heterocycles. The minimum atomic E-state index is -0.558. The molecule has 1 heterocycles. The van der Waals surface area contributed by atoms with E-state index in [0.29, 0.717) is 17.8 Å². The van der Waals surface area contributed by atoms with Crippen LogP contribution in [0.4, 0.5) is 8.78 Å². The average molecular weight is 449 g/mol. The van der Waals surface area contributed by atoms with Crippen molar-refractivity contribution in [3.63, 3.8) is 0 Å². The predicted octanol–water partition coefficient (Wildman–Crippen LogP) is 6.31. The summed E-state index contributed by atoms with van der Waals surface area (Å²) < 4.78 is 30.5. The summed E-state index contributed by atoms with van der Waals surface area (Å²) in [4.78, 5) is 1.88. The molecule has 1 nitrogen and oxygen atoms in total. The molecule has 0 amide bonds. The van der Waals surface area contributed by atoms with E-state index in [4.69, 9.17) is 0 Å². The second-order valence-electron chi connectivity index (χ2n) is 5.92. The summed E-state index contributed by atoms with van der Waals surface area (Å²) in [5.74, 6) is -1.12. The molecular weight excluding hydrogens is 431 g/mol. The van der Waals surface area contributed by atoms with E-state index in [-0.39, 0.29) is 5.56 Å². The van der Waals surface area contributed by atoms with Crippen LogP contribution in [0.15, 0.2) is 64.4 Å². The molecule has 1 aliphatic rings. The van der Waals surface area contributed by atoms with E-state index in [1.165, 1.54) is 12.1 Å². The second-order valence-corrected chi connectivity index (χ2v) is 7.08. The minimum Gasteiger partial charge on any atom is -0.340 e. The fraction of sp³-hybridized carbons (Fsp3) is 0.143. The van der Waals surface area contributed by atoms with E-state index in [1.54, 1.807) is 6.92 Å². The Morgan fingerprint density at radius 1 is 1.08 bits per heavy atom. The van der Waals surface area contributed by atoms with Gasteiger partial charge in [0, 0.05) is 21.4 Å². The van der Waals surface area contributed by atoms with Crippen LogP contribution in [0.1, 0.15) is 23.6 Å². The first-order valence-corrected chi connectivity index (χ1v) is 9.11. The van der Waals surface area contributed by atoms with Gasteiger partial charge in [0.15, 0.2) is 0 Å². The minimum absolute atomic E-state index is 0.00685. The van der Waals surface area contributed by atoms with Gasteiger partial charge in [-0.25, -0.2) is 8.78 Å². The van der Waals surface area contributed by atoms with Crippen molar-refractivity contribution >= 4 is 33.9 Å². The van der Waals surface area contributed by atoms with Gasteiger partial charge in [-0.15, -0.1) is 0 Å². The summed E-state index contributed by atoms with van der Waals surface area (Å²) in [5, 5.41) is 0. The first-order chi connectivity index (χ1) is 11.9. The first kappa shape index (κ1) is 17.9. The Bertz CT molecular complexity index is 874. The standard InChI is InChI=1S/C21H18F2IN/c1-4-25-14(3)19(24)12-16(15-8-6-5-7-9-15)21(25)20-17(22)10-13(2)11-18(20)23/h5-12H,3-4H2,1-2H3. The Balaban J connectivity index is 2.38. The van der Waals surface area contributed by atoms with Gasteiger partial charge >= 0.3 is 0 Å². The molecule has 0 aliphatic carbocycles. The van der Waals surface area contributed by atoms with Gasteiger partial charge in [-0.3, -0.25) is 0 Å². The fourth-order valence-corrected chi connectivity index (χ4v) is 3.67. The molecule has 0 N–H and O–H groups in total. The van der Waals surface area contributed by atoms with Crippen molar-refractivity contribution in [3.8, 4) is 0 Å². The molecule has 0 saturated carbocycles. The molecule has 0 fully saturated rings. The molecule has 0 radical (unpaired) electrons. The number of allylic oxidation sites excluding steroid dienone is 3. The Morgan fingerprint density at radius 2 is 1.68 bits per heavy atom. The number of hydrogen-bond donors (Lipinski definition) is 0. The number of halogens is 3. The maximum atomic E-state index is 14.8. The van der Waals surface area contributed by atoms with Crippen LogP contribution < -0.4 is 0 Å². The fourth-order valence-electron chi connectivity index (χ4n) is 3.07. The summed E-state index contributed by atoms with van der Waals surface area (Å²) in [6.07, 6.45) is 1.94. The Morgan fingerprint density at radius 3 is 2.24 bits per heavy atom. The third-order valence-electron chi connectivity index (χ3n) is 4.22. The maximum absolute atomic E-state index is 14.8. The van der Waals surface area contributed by atoms with Crippen LogP contribution in [0.2, 0.25) is 0 Å². The van der Waals surface area contributed by atoms with E-state index >= 15 is 0 Å². The van der Waals surface area contributed by atoms with Gasteiger partial charge in [0.2, 0.25) is 0 Å². The predicted molar refractivity (Wildman–Crippen MR) is 108 cm³/mol. The molecular formula is C21H18F2IN. The Kier molecular flexibility index (Phi) is 5.08. The molecule has 3 rings (SSSR count). The zero-order valence-corrected chi connectivity index (χ0v) is 16.3. The lowest BCUT2D eigenvalue weighted by Crippen LogP contribution is -2.25. The summed E-state index contributed by atoms with van der Waals surface area (Å²) in [7, 11) is 0. The number of benzene rings is 2. The normalized spacial score (nSPS) is 14.8. The number of rotatable bonds is 3. The SMILES string of the molecule is C=C1C(I)=CC(c2ccccc2)=C(c2c(F)cc(C)cc2F)N1CC. The van der Waals surface area contributed by atoms with Crippen LogP contribution in [0, 0.1) is 18.6 Å². The van der Waals surface area contributed by atoms with Gasteiger partial charge in [-0.1, -0.05) is 36.9 Å². The monoisotopic (exact) mass is 449 g/mol. The Hall–Kier alpha value is -1.95. The highest BCUT2D eigenvalue weighted by Crippen LogP contribution is 2.42. The van der Waals surface area contributed by atoms with Crippen molar-refractivity contribution < 1.29 is 8.78 Å². The van der Waals surface area contributed by atoms with Crippen LogP contribution in [-0.4, -0.2) is 11.4 Å². The van der Waals surface area contributed by atoms with E-state index in [2.05, 4.69) is 29.2 Å². The molecule has 0 saturated heterocycles. The number of aryl methyl sites for hydroxylation is 1. The third-order valence-corrected chi connectivity index (χ3v) is 5.16. The largest absolute Gasteiger partial charge is 0.340 e. The van der Waals surface area contributed by atoms with Gasteiger partial charge < -0.3 is 4.90 Å². The van der Waals surface area contributed by atoms with Gasteiger partial charge in [-0.05, 0) is 65.8 Å². The van der Waals surface area contributed by atoms with E-state index in [0.717, 1.165) is 20.4 Å². The van der Waals surface area contributed by atoms with Crippen molar-refractivity contribution in [2.45, 2.75) is 13.8 Å². The molecule has 0 atom stereocenters. The number of hydrogen-bond acceptors (Lipinski definition) is 1. The van der Waals surface area contributed by atoms with Crippen LogP contribution in [0.5, 0.6) is 0 Å². The smallest absolute Gasteiger partial charge is 0.135 e. The van der Waals surface area contributed by atoms with Crippen LogP contribution >= 0.6 is 22.6 Å². The van der Waals surface area contributed by atoms with Crippen LogP contribution in [0.3, 0.4) is 0 Å². The van der Waals surface area contributed by atoms with Crippen molar-refractivity contribution in [1.82, 2.24) is 4.90 Å². The highest BCUT2D eigenvalue weighted by molar-refractivity contribution is 14.1. The van der Waals surface area contributed by atoms with Gasteiger partial charge in [0.05, 0.1) is 11.3 Å². The highest BCUT2D eigenvalue weighted by Gasteiger charge is 2.28. The maximum Gasteiger partial charge on any atom is 0.135 e.